The smallest absolute Gasteiger partial charge is 0.000954 e. The van der Waals surface area contributed by atoms with Gasteiger partial charge in [-0.3, -0.25) is 0 Å². The zero-order valence-electron chi connectivity index (χ0n) is 13.0. The van der Waals surface area contributed by atoms with Crippen LogP contribution < -0.4 is 5.73 Å². The maximum atomic E-state index is 5.75. The van der Waals surface area contributed by atoms with Crippen molar-refractivity contribution < 1.29 is 0 Å². The molecule has 0 aromatic carbocycles. The summed E-state index contributed by atoms with van der Waals surface area (Å²) in [6.45, 7) is 14.0. The molecule has 1 aliphatic carbocycles. The van der Waals surface area contributed by atoms with Gasteiger partial charge in [-0.2, -0.15) is 0 Å². The Kier molecular flexibility index (Phi) is 6.65. The zero-order valence-corrected chi connectivity index (χ0v) is 13.0. The van der Waals surface area contributed by atoms with Gasteiger partial charge in [-0.05, 0) is 69.0 Å². The lowest BCUT2D eigenvalue weighted by atomic mass is 9.76. The minimum atomic E-state index is 0.410. The number of nitrogens with zero attached hydrogens (tertiary/aromatic N) is 1. The second-order valence-corrected chi connectivity index (χ2v) is 7.12. The highest BCUT2D eigenvalue weighted by molar-refractivity contribution is 4.78. The zero-order chi connectivity index (χ0) is 13.6. The molecule has 1 rings (SSSR count). The maximum Gasteiger partial charge on any atom is 0.000954 e. The van der Waals surface area contributed by atoms with Gasteiger partial charge in [0.1, 0.15) is 0 Å². The van der Waals surface area contributed by atoms with Crippen LogP contribution in [0.3, 0.4) is 0 Å². The molecular formula is C16H34N2. The molecule has 1 atom stereocenters. The Balaban J connectivity index is 2.23. The summed E-state index contributed by atoms with van der Waals surface area (Å²) in [5, 5.41) is 0. The van der Waals surface area contributed by atoms with E-state index in [9.17, 15) is 0 Å². The van der Waals surface area contributed by atoms with E-state index < -0.39 is 0 Å². The van der Waals surface area contributed by atoms with Crippen LogP contribution in [0.5, 0.6) is 0 Å². The topological polar surface area (TPSA) is 29.3 Å². The molecule has 1 aliphatic rings. The van der Waals surface area contributed by atoms with Gasteiger partial charge in [0, 0.05) is 6.54 Å². The Morgan fingerprint density at radius 1 is 1.22 bits per heavy atom. The quantitative estimate of drug-likeness (QED) is 0.682. The molecule has 0 saturated heterocycles. The molecule has 0 aromatic rings. The van der Waals surface area contributed by atoms with Gasteiger partial charge in [-0.25, -0.2) is 0 Å². The fourth-order valence-electron chi connectivity index (χ4n) is 2.82. The van der Waals surface area contributed by atoms with Crippen molar-refractivity contribution in [2.24, 2.45) is 23.0 Å². The van der Waals surface area contributed by atoms with E-state index in [2.05, 4.69) is 32.6 Å². The molecule has 2 N–H and O–H groups in total. The van der Waals surface area contributed by atoms with E-state index in [1.807, 2.05) is 0 Å². The predicted octanol–water partition coefficient (Wildman–Crippen LogP) is 3.51. The average Bonchev–Trinajstić information content (AvgIpc) is 3.09. The van der Waals surface area contributed by atoms with Crippen molar-refractivity contribution in [3.8, 4) is 0 Å². The lowest BCUT2D eigenvalue weighted by Gasteiger charge is -2.31. The molecule has 0 heterocycles. The van der Waals surface area contributed by atoms with E-state index in [4.69, 9.17) is 5.73 Å². The summed E-state index contributed by atoms with van der Waals surface area (Å²) >= 11 is 0. The second-order valence-electron chi connectivity index (χ2n) is 7.12. The van der Waals surface area contributed by atoms with Crippen LogP contribution in [0.15, 0.2) is 0 Å². The Hall–Kier alpha value is -0.0800. The molecule has 0 aromatic heterocycles. The van der Waals surface area contributed by atoms with Crippen molar-refractivity contribution in [1.82, 2.24) is 4.90 Å². The van der Waals surface area contributed by atoms with E-state index in [-0.39, 0.29) is 0 Å². The van der Waals surface area contributed by atoms with E-state index in [1.54, 1.807) is 0 Å². The van der Waals surface area contributed by atoms with Crippen molar-refractivity contribution in [1.29, 1.82) is 0 Å². The van der Waals surface area contributed by atoms with Crippen molar-refractivity contribution in [3.05, 3.63) is 0 Å². The third kappa shape index (κ3) is 6.19. The Morgan fingerprint density at radius 3 is 2.33 bits per heavy atom. The first-order valence-corrected chi connectivity index (χ1v) is 7.89. The summed E-state index contributed by atoms with van der Waals surface area (Å²) in [7, 11) is 0. The van der Waals surface area contributed by atoms with Crippen LogP contribution in [-0.2, 0) is 0 Å². The number of hydrogen-bond donors (Lipinski definition) is 1. The van der Waals surface area contributed by atoms with Gasteiger partial charge in [-0.1, -0.05) is 27.7 Å². The van der Waals surface area contributed by atoms with E-state index in [1.165, 1.54) is 51.7 Å². The minimum absolute atomic E-state index is 0.410. The standard InChI is InChI=1S/C16H34N2/c1-5-18(13-14-8-9-14)12-6-7-15(10-11-17)16(2,3)4/h14-15H,5-13,17H2,1-4H3. The predicted molar refractivity (Wildman–Crippen MR) is 80.7 cm³/mol. The molecular weight excluding hydrogens is 220 g/mol. The van der Waals surface area contributed by atoms with Gasteiger partial charge in [0.25, 0.3) is 0 Å². The summed E-state index contributed by atoms with van der Waals surface area (Å²) in [5.41, 5.74) is 6.16. The van der Waals surface area contributed by atoms with E-state index >= 15 is 0 Å². The molecule has 0 radical (unpaired) electrons. The largest absolute Gasteiger partial charge is 0.330 e. The van der Waals surface area contributed by atoms with Gasteiger partial charge in [0.2, 0.25) is 0 Å². The number of nitrogens with two attached hydrogens (primary N) is 1. The maximum absolute atomic E-state index is 5.75. The highest BCUT2D eigenvalue weighted by Gasteiger charge is 2.25. The summed E-state index contributed by atoms with van der Waals surface area (Å²) in [5.74, 6) is 1.80. The molecule has 0 aliphatic heterocycles. The Bertz CT molecular complexity index is 216. The molecule has 0 bridgehead atoms. The second kappa shape index (κ2) is 7.49. The highest BCUT2D eigenvalue weighted by atomic mass is 15.1. The molecule has 1 fully saturated rings. The summed E-state index contributed by atoms with van der Waals surface area (Å²) in [6, 6.07) is 0. The first-order valence-electron chi connectivity index (χ1n) is 7.89. The number of rotatable bonds is 9. The van der Waals surface area contributed by atoms with Gasteiger partial charge >= 0.3 is 0 Å². The average molecular weight is 254 g/mol. The van der Waals surface area contributed by atoms with Crippen molar-refractivity contribution in [2.75, 3.05) is 26.2 Å². The normalized spacial score (nSPS) is 18.3. The molecule has 2 nitrogen and oxygen atoms in total. The SMILES string of the molecule is CCN(CCCC(CCN)C(C)(C)C)CC1CC1. The molecule has 1 unspecified atom stereocenters. The Labute approximate surface area is 114 Å². The first-order chi connectivity index (χ1) is 8.47. The fourth-order valence-corrected chi connectivity index (χ4v) is 2.82. The third-order valence-corrected chi connectivity index (χ3v) is 4.43. The van der Waals surface area contributed by atoms with E-state index in [0.29, 0.717) is 5.41 Å². The molecule has 108 valence electrons. The van der Waals surface area contributed by atoms with Gasteiger partial charge < -0.3 is 10.6 Å². The van der Waals surface area contributed by atoms with Crippen LogP contribution in [0.25, 0.3) is 0 Å². The third-order valence-electron chi connectivity index (χ3n) is 4.43. The molecule has 1 saturated carbocycles. The molecule has 0 amide bonds. The van der Waals surface area contributed by atoms with Gasteiger partial charge in [-0.15, -0.1) is 0 Å². The molecule has 18 heavy (non-hydrogen) atoms. The van der Waals surface area contributed by atoms with Crippen LogP contribution in [0.2, 0.25) is 0 Å². The van der Waals surface area contributed by atoms with Gasteiger partial charge in [0.15, 0.2) is 0 Å². The lowest BCUT2D eigenvalue weighted by Crippen LogP contribution is -2.29. The highest BCUT2D eigenvalue weighted by Crippen LogP contribution is 2.33. The van der Waals surface area contributed by atoms with Crippen molar-refractivity contribution in [2.45, 2.75) is 59.8 Å². The van der Waals surface area contributed by atoms with Crippen LogP contribution in [0.1, 0.15) is 59.8 Å². The molecule has 2 heteroatoms. The lowest BCUT2D eigenvalue weighted by molar-refractivity contribution is 0.193. The summed E-state index contributed by atoms with van der Waals surface area (Å²) in [4.78, 5) is 2.64. The number of hydrogen-bond acceptors (Lipinski definition) is 2. The first kappa shape index (κ1) is 16.0. The monoisotopic (exact) mass is 254 g/mol. The summed E-state index contributed by atoms with van der Waals surface area (Å²) in [6.07, 6.45) is 6.78. The molecule has 0 spiro atoms. The van der Waals surface area contributed by atoms with Crippen LogP contribution in [0, 0.1) is 17.3 Å². The van der Waals surface area contributed by atoms with Crippen LogP contribution >= 0.6 is 0 Å². The van der Waals surface area contributed by atoms with Crippen molar-refractivity contribution >= 4 is 0 Å². The minimum Gasteiger partial charge on any atom is -0.330 e. The van der Waals surface area contributed by atoms with Gasteiger partial charge in [0.05, 0.1) is 0 Å². The van der Waals surface area contributed by atoms with Crippen molar-refractivity contribution in [3.63, 3.8) is 0 Å². The Morgan fingerprint density at radius 2 is 1.89 bits per heavy atom. The van der Waals surface area contributed by atoms with Crippen LogP contribution in [0.4, 0.5) is 0 Å². The summed E-state index contributed by atoms with van der Waals surface area (Å²) < 4.78 is 0. The fraction of sp³-hybridized carbons (Fsp3) is 1.00. The van der Waals surface area contributed by atoms with E-state index in [0.717, 1.165) is 18.4 Å². The van der Waals surface area contributed by atoms with Crippen LogP contribution in [-0.4, -0.2) is 31.1 Å².